The van der Waals surface area contributed by atoms with Gasteiger partial charge in [0.2, 0.25) is 0 Å². The molecule has 2 amide bonds. The van der Waals surface area contributed by atoms with E-state index in [2.05, 4.69) is 10.6 Å². The summed E-state index contributed by atoms with van der Waals surface area (Å²) in [7, 11) is 0. The predicted octanol–water partition coefficient (Wildman–Crippen LogP) is 3.77. The van der Waals surface area contributed by atoms with E-state index in [0.717, 1.165) is 38.2 Å². The van der Waals surface area contributed by atoms with Crippen LogP contribution in [-0.2, 0) is 6.18 Å². The van der Waals surface area contributed by atoms with Gasteiger partial charge in [0.15, 0.2) is 0 Å². The van der Waals surface area contributed by atoms with E-state index in [1.807, 2.05) is 0 Å². The first kappa shape index (κ1) is 17.6. The van der Waals surface area contributed by atoms with Crippen LogP contribution in [0.3, 0.4) is 0 Å². The third kappa shape index (κ3) is 5.13. The molecule has 0 bridgehead atoms. The number of nitrogens with one attached hydrogen (secondary N) is 2. The zero-order valence-electron chi connectivity index (χ0n) is 12.7. The summed E-state index contributed by atoms with van der Waals surface area (Å²) in [5.41, 5.74) is -1.20. The molecule has 2 rings (SSSR count). The molecule has 0 saturated heterocycles. The maximum atomic E-state index is 12.8. The molecule has 0 spiro atoms. The SMILES string of the molecule is O=C(NCC(O)C1CCCCC1)Nc1ccccc1C(F)(F)F. The van der Waals surface area contributed by atoms with Gasteiger partial charge in [-0.3, -0.25) is 0 Å². The molecular weight excluding hydrogens is 309 g/mol. The maximum absolute atomic E-state index is 12.8. The van der Waals surface area contributed by atoms with Crippen LogP contribution in [0.5, 0.6) is 0 Å². The molecule has 1 aliphatic rings. The topological polar surface area (TPSA) is 61.4 Å². The van der Waals surface area contributed by atoms with Crippen LogP contribution in [-0.4, -0.2) is 23.8 Å². The average Bonchev–Trinajstić information content (AvgIpc) is 2.53. The number of urea groups is 1. The molecule has 0 aromatic heterocycles. The minimum Gasteiger partial charge on any atom is -0.391 e. The number of hydrogen-bond acceptors (Lipinski definition) is 2. The van der Waals surface area contributed by atoms with Gasteiger partial charge in [-0.2, -0.15) is 13.2 Å². The Kier molecular flexibility index (Phi) is 5.87. The van der Waals surface area contributed by atoms with Crippen molar-refractivity contribution in [1.82, 2.24) is 5.32 Å². The number of benzene rings is 1. The Morgan fingerprint density at radius 1 is 1.22 bits per heavy atom. The van der Waals surface area contributed by atoms with Gasteiger partial charge in [0, 0.05) is 6.54 Å². The monoisotopic (exact) mass is 330 g/mol. The highest BCUT2D eigenvalue weighted by atomic mass is 19.4. The van der Waals surface area contributed by atoms with E-state index in [9.17, 15) is 23.1 Å². The Bertz CT molecular complexity index is 528. The van der Waals surface area contributed by atoms with Crippen LogP contribution in [0.2, 0.25) is 0 Å². The highest BCUT2D eigenvalue weighted by molar-refractivity contribution is 5.90. The van der Waals surface area contributed by atoms with Crippen LogP contribution in [0, 0.1) is 5.92 Å². The van der Waals surface area contributed by atoms with E-state index >= 15 is 0 Å². The van der Waals surface area contributed by atoms with E-state index < -0.39 is 23.9 Å². The lowest BCUT2D eigenvalue weighted by Gasteiger charge is -2.26. The van der Waals surface area contributed by atoms with E-state index in [1.54, 1.807) is 0 Å². The van der Waals surface area contributed by atoms with Crippen molar-refractivity contribution in [2.45, 2.75) is 44.4 Å². The molecule has 23 heavy (non-hydrogen) atoms. The number of alkyl halides is 3. The summed E-state index contributed by atoms with van der Waals surface area (Å²) in [6, 6.07) is 4.03. The van der Waals surface area contributed by atoms with Gasteiger partial charge < -0.3 is 15.7 Å². The molecule has 1 fully saturated rings. The molecule has 3 N–H and O–H groups in total. The normalized spacial score (nSPS) is 17.6. The first-order chi connectivity index (χ1) is 10.9. The summed E-state index contributed by atoms with van der Waals surface area (Å²) in [5.74, 6) is 0.145. The second-order valence-corrected chi connectivity index (χ2v) is 5.84. The number of rotatable bonds is 4. The Balaban J connectivity index is 1.88. The summed E-state index contributed by atoms with van der Waals surface area (Å²) in [5, 5.41) is 14.7. The zero-order valence-corrected chi connectivity index (χ0v) is 12.7. The number of para-hydroxylation sites is 1. The van der Waals surface area contributed by atoms with E-state index in [4.69, 9.17) is 0 Å². The third-order valence-electron chi connectivity index (χ3n) is 4.15. The van der Waals surface area contributed by atoms with Crippen LogP contribution in [0.25, 0.3) is 0 Å². The first-order valence-corrected chi connectivity index (χ1v) is 7.77. The molecule has 1 aliphatic carbocycles. The lowest BCUT2D eigenvalue weighted by Crippen LogP contribution is -2.39. The smallest absolute Gasteiger partial charge is 0.391 e. The van der Waals surface area contributed by atoms with Crippen molar-refractivity contribution < 1.29 is 23.1 Å². The molecule has 1 atom stereocenters. The lowest BCUT2D eigenvalue weighted by molar-refractivity contribution is -0.136. The van der Waals surface area contributed by atoms with Gasteiger partial charge in [0.1, 0.15) is 0 Å². The molecule has 1 aromatic carbocycles. The quantitative estimate of drug-likeness (QED) is 0.787. The number of aliphatic hydroxyl groups is 1. The Morgan fingerprint density at radius 3 is 2.52 bits per heavy atom. The van der Waals surface area contributed by atoms with Gasteiger partial charge in [0.25, 0.3) is 0 Å². The second kappa shape index (κ2) is 7.68. The Labute approximate surface area is 133 Å². The van der Waals surface area contributed by atoms with E-state index in [0.29, 0.717) is 0 Å². The van der Waals surface area contributed by atoms with Crippen molar-refractivity contribution in [3.63, 3.8) is 0 Å². The summed E-state index contributed by atoms with van der Waals surface area (Å²) in [6.45, 7) is 0.0324. The Hall–Kier alpha value is -1.76. The van der Waals surface area contributed by atoms with Crippen molar-refractivity contribution >= 4 is 11.7 Å². The number of carbonyl (C=O) groups excluding carboxylic acids is 1. The number of amides is 2. The average molecular weight is 330 g/mol. The number of carbonyl (C=O) groups is 1. The van der Waals surface area contributed by atoms with Crippen molar-refractivity contribution in [1.29, 1.82) is 0 Å². The van der Waals surface area contributed by atoms with Gasteiger partial charge in [-0.25, -0.2) is 4.79 Å². The summed E-state index contributed by atoms with van der Waals surface area (Å²) < 4.78 is 38.5. The molecule has 1 unspecified atom stereocenters. The number of anilines is 1. The maximum Gasteiger partial charge on any atom is 0.418 e. The van der Waals surface area contributed by atoms with Crippen LogP contribution < -0.4 is 10.6 Å². The highest BCUT2D eigenvalue weighted by Gasteiger charge is 2.33. The zero-order chi connectivity index (χ0) is 16.9. The van der Waals surface area contributed by atoms with Crippen LogP contribution in [0.4, 0.5) is 23.7 Å². The van der Waals surface area contributed by atoms with Gasteiger partial charge in [-0.15, -0.1) is 0 Å². The highest BCUT2D eigenvalue weighted by Crippen LogP contribution is 2.34. The molecule has 0 aliphatic heterocycles. The van der Waals surface area contributed by atoms with Gasteiger partial charge in [-0.05, 0) is 30.9 Å². The van der Waals surface area contributed by atoms with Gasteiger partial charge >= 0.3 is 12.2 Å². The Morgan fingerprint density at radius 2 is 1.87 bits per heavy atom. The fourth-order valence-corrected chi connectivity index (χ4v) is 2.89. The fourth-order valence-electron chi connectivity index (χ4n) is 2.89. The summed E-state index contributed by atoms with van der Waals surface area (Å²) in [6.07, 6.45) is -0.0850. The predicted molar refractivity (Wildman–Crippen MR) is 81.0 cm³/mol. The molecule has 1 saturated carbocycles. The van der Waals surface area contributed by atoms with Gasteiger partial charge in [-0.1, -0.05) is 31.4 Å². The first-order valence-electron chi connectivity index (χ1n) is 7.77. The molecular formula is C16H21F3N2O2. The van der Waals surface area contributed by atoms with Crippen molar-refractivity contribution in [3.8, 4) is 0 Å². The van der Waals surface area contributed by atoms with E-state index in [1.165, 1.54) is 18.2 Å². The molecule has 4 nitrogen and oxygen atoms in total. The van der Waals surface area contributed by atoms with Gasteiger partial charge in [0.05, 0.1) is 17.4 Å². The second-order valence-electron chi connectivity index (χ2n) is 5.84. The van der Waals surface area contributed by atoms with Crippen LogP contribution >= 0.6 is 0 Å². The largest absolute Gasteiger partial charge is 0.418 e. The fraction of sp³-hybridized carbons (Fsp3) is 0.562. The minimum atomic E-state index is -4.54. The summed E-state index contributed by atoms with van der Waals surface area (Å²) >= 11 is 0. The molecule has 7 heteroatoms. The molecule has 128 valence electrons. The third-order valence-corrected chi connectivity index (χ3v) is 4.15. The minimum absolute atomic E-state index is 0.0324. The number of aliphatic hydroxyl groups excluding tert-OH is 1. The molecule has 1 aromatic rings. The lowest BCUT2D eigenvalue weighted by atomic mass is 9.85. The van der Waals surface area contributed by atoms with Crippen LogP contribution in [0.1, 0.15) is 37.7 Å². The number of hydrogen-bond donors (Lipinski definition) is 3. The van der Waals surface area contributed by atoms with Crippen molar-refractivity contribution in [3.05, 3.63) is 29.8 Å². The van der Waals surface area contributed by atoms with E-state index in [-0.39, 0.29) is 18.2 Å². The van der Waals surface area contributed by atoms with Crippen molar-refractivity contribution in [2.24, 2.45) is 5.92 Å². The van der Waals surface area contributed by atoms with Crippen molar-refractivity contribution in [2.75, 3.05) is 11.9 Å². The van der Waals surface area contributed by atoms with Crippen LogP contribution in [0.15, 0.2) is 24.3 Å². The molecule has 0 radical (unpaired) electrons. The molecule has 0 heterocycles. The summed E-state index contributed by atoms with van der Waals surface area (Å²) in [4.78, 5) is 11.8. The standard InChI is InChI=1S/C16H21F3N2O2/c17-16(18,19)12-8-4-5-9-13(12)21-15(23)20-10-14(22)11-6-2-1-3-7-11/h4-5,8-9,11,14,22H,1-3,6-7,10H2,(H2,20,21,23). The number of halogens is 3.